The number of anilines is 1. The maximum Gasteiger partial charge on any atom is 0.264 e. The monoisotopic (exact) mass is 741 g/mol. The summed E-state index contributed by atoms with van der Waals surface area (Å²) in [5.41, 5.74) is 1.70. The van der Waals surface area contributed by atoms with E-state index in [2.05, 4.69) is 21.2 Å². The molecule has 0 spiro atoms. The van der Waals surface area contributed by atoms with E-state index >= 15 is 0 Å². The van der Waals surface area contributed by atoms with Crippen molar-refractivity contribution in [3.63, 3.8) is 0 Å². The van der Waals surface area contributed by atoms with Crippen molar-refractivity contribution in [2.24, 2.45) is 0 Å². The van der Waals surface area contributed by atoms with Gasteiger partial charge in [-0.3, -0.25) is 13.9 Å². The number of nitrogens with zero attached hydrogens (tertiary/aromatic N) is 2. The minimum atomic E-state index is -4.29. The fourth-order valence-electron chi connectivity index (χ4n) is 5.66. The summed E-state index contributed by atoms with van der Waals surface area (Å²) in [5.74, 6) is -0.851. The van der Waals surface area contributed by atoms with Gasteiger partial charge in [0.2, 0.25) is 11.8 Å². The van der Waals surface area contributed by atoms with E-state index in [4.69, 9.17) is 23.2 Å². The lowest BCUT2D eigenvalue weighted by Crippen LogP contribution is -2.54. The molecule has 1 aliphatic rings. The Hall–Kier alpha value is -3.37. The number of nitrogens with one attached hydrogen (secondary N) is 1. The van der Waals surface area contributed by atoms with Crippen molar-refractivity contribution >= 4 is 66.7 Å². The molecule has 0 radical (unpaired) electrons. The molecular formula is C35H34BrCl2N3O4S. The van der Waals surface area contributed by atoms with Crippen LogP contribution in [0.1, 0.15) is 36.8 Å². The van der Waals surface area contributed by atoms with Gasteiger partial charge in [0.05, 0.1) is 15.6 Å². The highest BCUT2D eigenvalue weighted by Crippen LogP contribution is 2.33. The van der Waals surface area contributed by atoms with Crippen LogP contribution >= 0.6 is 39.1 Å². The van der Waals surface area contributed by atoms with Crippen molar-refractivity contribution in [2.75, 3.05) is 10.8 Å². The second-order valence-electron chi connectivity index (χ2n) is 11.3. The summed E-state index contributed by atoms with van der Waals surface area (Å²) >= 11 is 16.4. The number of hydrogen-bond donors (Lipinski definition) is 1. The molecule has 1 N–H and O–H groups in total. The van der Waals surface area contributed by atoms with Crippen LogP contribution in [0.5, 0.6) is 0 Å². The summed E-state index contributed by atoms with van der Waals surface area (Å²) < 4.78 is 30.1. The van der Waals surface area contributed by atoms with Crippen LogP contribution in [0.15, 0.2) is 112 Å². The molecule has 11 heteroatoms. The van der Waals surface area contributed by atoms with Gasteiger partial charge in [0.25, 0.3) is 10.0 Å². The van der Waals surface area contributed by atoms with Gasteiger partial charge in [0.15, 0.2) is 0 Å². The lowest BCUT2D eigenvalue weighted by atomic mass is 10.0. The number of benzene rings is 4. The Kier molecular flexibility index (Phi) is 11.4. The second-order valence-corrected chi connectivity index (χ2v) is 14.9. The summed E-state index contributed by atoms with van der Waals surface area (Å²) in [6, 6.07) is 28.3. The molecular weight excluding hydrogens is 709 g/mol. The van der Waals surface area contributed by atoms with Crippen molar-refractivity contribution in [2.45, 2.75) is 55.6 Å². The first-order chi connectivity index (χ1) is 22.1. The number of rotatable bonds is 12. The minimum Gasteiger partial charge on any atom is -0.352 e. The smallest absolute Gasteiger partial charge is 0.264 e. The normalized spacial score (nSPS) is 14.1. The predicted octanol–water partition coefficient (Wildman–Crippen LogP) is 7.65. The number of carbonyl (C=O) groups is 2. The molecule has 0 unspecified atom stereocenters. The first-order valence-electron chi connectivity index (χ1n) is 15.0. The minimum absolute atomic E-state index is 0.0165. The predicted molar refractivity (Wildman–Crippen MR) is 186 cm³/mol. The van der Waals surface area contributed by atoms with Crippen LogP contribution in [0, 0.1) is 0 Å². The molecule has 5 rings (SSSR count). The summed E-state index contributed by atoms with van der Waals surface area (Å²) in [5, 5.41) is 3.54. The first kappa shape index (κ1) is 34.0. The van der Waals surface area contributed by atoms with E-state index in [9.17, 15) is 18.0 Å². The molecule has 1 saturated carbocycles. The van der Waals surface area contributed by atoms with Crippen molar-refractivity contribution in [3.8, 4) is 0 Å². The molecule has 0 saturated heterocycles. The van der Waals surface area contributed by atoms with Gasteiger partial charge in [-0.05, 0) is 66.4 Å². The molecule has 0 aliphatic heterocycles. The summed E-state index contributed by atoms with van der Waals surface area (Å²) in [6.45, 7) is -0.552. The van der Waals surface area contributed by atoms with E-state index in [-0.39, 0.29) is 45.5 Å². The lowest BCUT2D eigenvalue weighted by molar-refractivity contribution is -0.140. The van der Waals surface area contributed by atoms with Gasteiger partial charge in [0, 0.05) is 28.5 Å². The highest BCUT2D eigenvalue weighted by atomic mass is 79.9. The summed E-state index contributed by atoms with van der Waals surface area (Å²) in [7, 11) is -4.29. The van der Waals surface area contributed by atoms with Crippen LogP contribution in [-0.2, 0) is 32.6 Å². The van der Waals surface area contributed by atoms with Crippen LogP contribution in [0.2, 0.25) is 10.0 Å². The Morgan fingerprint density at radius 2 is 1.50 bits per heavy atom. The van der Waals surface area contributed by atoms with Crippen molar-refractivity contribution in [1.29, 1.82) is 0 Å². The summed E-state index contributed by atoms with van der Waals surface area (Å²) in [4.78, 5) is 30.2. The van der Waals surface area contributed by atoms with Crippen LogP contribution in [0.25, 0.3) is 0 Å². The molecule has 1 aliphatic carbocycles. The third kappa shape index (κ3) is 8.50. The molecule has 46 heavy (non-hydrogen) atoms. The molecule has 4 aromatic carbocycles. The molecule has 1 fully saturated rings. The van der Waals surface area contributed by atoms with E-state index in [0.29, 0.717) is 0 Å². The number of carbonyl (C=O) groups excluding carboxylic acids is 2. The highest BCUT2D eigenvalue weighted by Gasteiger charge is 2.36. The lowest BCUT2D eigenvalue weighted by Gasteiger charge is -2.34. The third-order valence-corrected chi connectivity index (χ3v) is 10.8. The highest BCUT2D eigenvalue weighted by molar-refractivity contribution is 9.10. The molecule has 4 aromatic rings. The average Bonchev–Trinajstić information content (AvgIpc) is 3.56. The van der Waals surface area contributed by atoms with Crippen LogP contribution in [0.4, 0.5) is 5.69 Å². The van der Waals surface area contributed by atoms with Crippen LogP contribution in [-0.4, -0.2) is 43.8 Å². The van der Waals surface area contributed by atoms with E-state index in [1.165, 1.54) is 29.2 Å². The SMILES string of the molecule is O=C(NC1CCCC1)[C@H](Cc1ccccc1)N(Cc1cccc(Br)c1)C(=O)CN(c1cc(Cl)ccc1Cl)S(=O)(=O)c1ccccc1. The van der Waals surface area contributed by atoms with Gasteiger partial charge in [-0.1, -0.05) is 113 Å². The van der Waals surface area contributed by atoms with Crippen LogP contribution < -0.4 is 9.62 Å². The Labute approximate surface area is 288 Å². The summed E-state index contributed by atoms with van der Waals surface area (Å²) in [6.07, 6.45) is 4.05. The third-order valence-electron chi connectivity index (χ3n) is 8.00. The number of sulfonamides is 1. The van der Waals surface area contributed by atoms with E-state index in [1.54, 1.807) is 24.3 Å². The molecule has 0 heterocycles. The standard InChI is InChI=1S/C35H34BrCl2N3O4S/c36-27-13-9-12-26(20-27)23-40(33(21-25-10-3-1-4-11-25)35(43)39-29-14-7-8-15-29)34(42)24-41(32-22-28(37)18-19-31(32)38)46(44,45)30-16-5-2-6-17-30/h1-6,9-13,16-20,22,29,33H,7-8,14-15,21,23-24H2,(H,39,43)/t33-/m0/s1. The quantitative estimate of drug-likeness (QED) is 0.162. The second kappa shape index (κ2) is 15.5. The Balaban J connectivity index is 1.58. The maximum absolute atomic E-state index is 14.6. The number of hydrogen-bond acceptors (Lipinski definition) is 4. The Bertz CT molecular complexity index is 1770. The van der Waals surface area contributed by atoms with Crippen molar-refractivity contribution < 1.29 is 18.0 Å². The van der Waals surface area contributed by atoms with Gasteiger partial charge < -0.3 is 10.2 Å². The van der Waals surface area contributed by atoms with Gasteiger partial charge in [-0.15, -0.1) is 0 Å². The van der Waals surface area contributed by atoms with E-state index in [1.807, 2.05) is 54.6 Å². The van der Waals surface area contributed by atoms with Gasteiger partial charge in [0.1, 0.15) is 12.6 Å². The maximum atomic E-state index is 14.6. The van der Waals surface area contributed by atoms with Crippen molar-refractivity contribution in [1.82, 2.24) is 10.2 Å². The van der Waals surface area contributed by atoms with E-state index < -0.39 is 28.5 Å². The average molecular weight is 744 g/mol. The number of halogens is 3. The van der Waals surface area contributed by atoms with Gasteiger partial charge in [-0.2, -0.15) is 0 Å². The molecule has 240 valence electrons. The van der Waals surface area contributed by atoms with Gasteiger partial charge >= 0.3 is 0 Å². The van der Waals surface area contributed by atoms with Crippen LogP contribution in [0.3, 0.4) is 0 Å². The zero-order valence-corrected chi connectivity index (χ0v) is 28.9. The molecule has 0 aromatic heterocycles. The van der Waals surface area contributed by atoms with E-state index in [0.717, 1.165) is 45.6 Å². The first-order valence-corrected chi connectivity index (χ1v) is 18.0. The topological polar surface area (TPSA) is 86.8 Å². The molecule has 1 atom stereocenters. The fourth-order valence-corrected chi connectivity index (χ4v) is 7.99. The van der Waals surface area contributed by atoms with Crippen molar-refractivity contribution in [3.05, 3.63) is 129 Å². The fraction of sp³-hybridized carbons (Fsp3) is 0.257. The number of amides is 2. The molecule has 0 bridgehead atoms. The zero-order valence-electron chi connectivity index (χ0n) is 25.0. The Morgan fingerprint density at radius 3 is 2.17 bits per heavy atom. The molecule has 7 nitrogen and oxygen atoms in total. The largest absolute Gasteiger partial charge is 0.352 e. The Morgan fingerprint density at radius 1 is 0.848 bits per heavy atom. The molecule has 2 amide bonds. The van der Waals surface area contributed by atoms with Gasteiger partial charge in [-0.25, -0.2) is 8.42 Å². The zero-order chi connectivity index (χ0) is 32.7.